The van der Waals surface area contributed by atoms with Crippen LogP contribution in [0.1, 0.15) is 54.4 Å². The zero-order chi connectivity index (χ0) is 19.6. The number of carbonyl (C=O) groups excluding carboxylic acids is 1. The molecule has 0 aliphatic carbocycles. The fourth-order valence-corrected chi connectivity index (χ4v) is 3.34. The molecular weight excluding hydrogens is 338 g/mol. The molecule has 0 unspecified atom stereocenters. The normalized spacial score (nSPS) is 14.9. The largest absolute Gasteiger partial charge is 0.357 e. The molecule has 0 atom stereocenters. The number of aromatic nitrogens is 2. The summed E-state index contributed by atoms with van der Waals surface area (Å²) in [7, 11) is 1.83. The van der Waals surface area contributed by atoms with Gasteiger partial charge in [-0.25, -0.2) is 4.98 Å². The molecule has 1 aromatic heterocycles. The fraction of sp³-hybridized carbons (Fsp3) is 0.476. The van der Waals surface area contributed by atoms with Crippen molar-refractivity contribution in [2.75, 3.05) is 30.4 Å². The van der Waals surface area contributed by atoms with E-state index in [4.69, 9.17) is 0 Å². The van der Waals surface area contributed by atoms with Crippen LogP contribution in [0.5, 0.6) is 0 Å². The second-order valence-electron chi connectivity index (χ2n) is 6.85. The monoisotopic (exact) mass is 369 g/mol. The molecular formula is C21H31N5O. The summed E-state index contributed by atoms with van der Waals surface area (Å²) in [6, 6.07) is 5.90. The standard InChI is InChI=1S/C19H23N5O.C2H6.H2/c1-12-5-6-14(9-13(12)2)18(25)24-10-15-16(11-24)21-19(20-3)22-17(15)23-7-4-8-23;1-2;/h5-6,9H,4,7-8,10-11H2,1-3H3,(H,20,21,22);1-2H3;1H. The van der Waals surface area contributed by atoms with Crippen molar-refractivity contribution in [2.24, 2.45) is 0 Å². The van der Waals surface area contributed by atoms with Crippen LogP contribution in [0.25, 0.3) is 0 Å². The summed E-state index contributed by atoms with van der Waals surface area (Å²) in [5.74, 6) is 1.67. The van der Waals surface area contributed by atoms with E-state index in [0.717, 1.165) is 41.3 Å². The summed E-state index contributed by atoms with van der Waals surface area (Å²) >= 11 is 0. The number of amides is 1. The van der Waals surface area contributed by atoms with Crippen LogP contribution in [-0.2, 0) is 13.1 Å². The molecule has 6 heteroatoms. The highest BCUT2D eigenvalue weighted by Gasteiger charge is 2.32. The molecule has 0 spiro atoms. The van der Waals surface area contributed by atoms with Crippen molar-refractivity contribution in [1.82, 2.24) is 14.9 Å². The summed E-state index contributed by atoms with van der Waals surface area (Å²) in [5, 5.41) is 3.04. The number of hydrogen-bond donors (Lipinski definition) is 1. The van der Waals surface area contributed by atoms with Gasteiger partial charge in [0.25, 0.3) is 5.91 Å². The second-order valence-corrected chi connectivity index (χ2v) is 6.85. The lowest BCUT2D eigenvalue weighted by atomic mass is 10.1. The zero-order valence-electron chi connectivity index (χ0n) is 17.0. The lowest BCUT2D eigenvalue weighted by Gasteiger charge is -2.33. The van der Waals surface area contributed by atoms with Crippen molar-refractivity contribution < 1.29 is 6.22 Å². The predicted octanol–water partition coefficient (Wildman–Crippen LogP) is 3.77. The quantitative estimate of drug-likeness (QED) is 0.892. The van der Waals surface area contributed by atoms with E-state index in [1.807, 2.05) is 50.9 Å². The topological polar surface area (TPSA) is 61.4 Å². The molecule has 2 aliphatic heterocycles. The summed E-state index contributed by atoms with van der Waals surface area (Å²) in [5.41, 5.74) is 5.13. The maximum atomic E-state index is 12.9. The molecule has 2 aliphatic rings. The van der Waals surface area contributed by atoms with E-state index in [0.29, 0.717) is 19.0 Å². The minimum absolute atomic E-state index is 0. The van der Waals surface area contributed by atoms with Crippen LogP contribution in [0.4, 0.5) is 11.8 Å². The van der Waals surface area contributed by atoms with Crippen LogP contribution in [0.2, 0.25) is 0 Å². The fourth-order valence-electron chi connectivity index (χ4n) is 3.34. The highest BCUT2D eigenvalue weighted by Crippen LogP contribution is 2.33. The number of rotatable bonds is 3. The van der Waals surface area contributed by atoms with Crippen molar-refractivity contribution in [2.45, 2.75) is 47.2 Å². The van der Waals surface area contributed by atoms with E-state index in [1.165, 1.54) is 12.0 Å². The Balaban J connectivity index is 0.000000906. The number of benzene rings is 1. The third-order valence-corrected chi connectivity index (χ3v) is 5.18. The van der Waals surface area contributed by atoms with Crippen LogP contribution in [0, 0.1) is 13.8 Å². The van der Waals surface area contributed by atoms with Crippen LogP contribution in [0.15, 0.2) is 18.2 Å². The maximum absolute atomic E-state index is 12.9. The SMILES string of the molecule is CC.CNc1nc2c(c(N3CCC3)n1)CN(C(=O)c1ccc(C)c(C)c1)C2.[HH]. The van der Waals surface area contributed by atoms with Gasteiger partial charge in [0.15, 0.2) is 0 Å². The third-order valence-electron chi connectivity index (χ3n) is 5.18. The predicted molar refractivity (Wildman–Crippen MR) is 111 cm³/mol. The molecule has 1 amide bonds. The number of hydrogen-bond acceptors (Lipinski definition) is 5. The highest BCUT2D eigenvalue weighted by molar-refractivity contribution is 5.95. The Labute approximate surface area is 163 Å². The minimum Gasteiger partial charge on any atom is -0.357 e. The third kappa shape index (κ3) is 3.61. The molecule has 2 aromatic rings. The number of nitrogens with one attached hydrogen (secondary N) is 1. The second kappa shape index (κ2) is 7.94. The van der Waals surface area contributed by atoms with Crippen LogP contribution >= 0.6 is 0 Å². The average molecular weight is 370 g/mol. The smallest absolute Gasteiger partial charge is 0.254 e. The molecule has 146 valence electrons. The Morgan fingerprint density at radius 3 is 2.44 bits per heavy atom. The molecule has 6 nitrogen and oxygen atoms in total. The van der Waals surface area contributed by atoms with Crippen molar-refractivity contribution in [3.8, 4) is 0 Å². The van der Waals surface area contributed by atoms with E-state index >= 15 is 0 Å². The summed E-state index contributed by atoms with van der Waals surface area (Å²) < 4.78 is 0. The van der Waals surface area contributed by atoms with Crippen molar-refractivity contribution in [3.63, 3.8) is 0 Å². The highest BCUT2D eigenvalue weighted by atomic mass is 16.2. The van der Waals surface area contributed by atoms with Gasteiger partial charge in [-0.05, 0) is 43.5 Å². The van der Waals surface area contributed by atoms with E-state index in [2.05, 4.69) is 27.1 Å². The van der Waals surface area contributed by atoms with Crippen molar-refractivity contribution in [1.29, 1.82) is 0 Å². The van der Waals surface area contributed by atoms with E-state index in [9.17, 15) is 4.79 Å². The van der Waals surface area contributed by atoms with Crippen LogP contribution in [0.3, 0.4) is 0 Å². The Morgan fingerprint density at radius 2 is 1.85 bits per heavy atom. The summed E-state index contributed by atoms with van der Waals surface area (Å²) in [4.78, 5) is 26.3. The first-order chi connectivity index (χ1) is 13.1. The van der Waals surface area contributed by atoms with Gasteiger partial charge in [0.2, 0.25) is 5.95 Å². The van der Waals surface area contributed by atoms with Gasteiger partial charge in [-0.1, -0.05) is 19.9 Å². The molecule has 0 radical (unpaired) electrons. The van der Waals surface area contributed by atoms with Gasteiger partial charge in [0, 0.05) is 32.7 Å². The molecule has 3 heterocycles. The van der Waals surface area contributed by atoms with Crippen LogP contribution in [-0.4, -0.2) is 40.9 Å². The first-order valence-electron chi connectivity index (χ1n) is 9.76. The number of anilines is 2. The lowest BCUT2D eigenvalue weighted by molar-refractivity contribution is 0.0750. The molecule has 27 heavy (non-hydrogen) atoms. The zero-order valence-corrected chi connectivity index (χ0v) is 17.0. The molecule has 1 aromatic carbocycles. The van der Waals surface area contributed by atoms with Crippen LogP contribution < -0.4 is 10.2 Å². The van der Waals surface area contributed by atoms with Gasteiger partial charge in [-0.3, -0.25) is 4.79 Å². The number of aryl methyl sites for hydroxylation is 2. The number of nitrogens with zero attached hydrogens (tertiary/aromatic N) is 4. The molecule has 1 saturated heterocycles. The molecule has 4 rings (SSSR count). The van der Waals surface area contributed by atoms with Gasteiger partial charge in [0.1, 0.15) is 5.82 Å². The first-order valence-corrected chi connectivity index (χ1v) is 9.76. The van der Waals surface area contributed by atoms with E-state index in [-0.39, 0.29) is 7.33 Å². The minimum atomic E-state index is 0. The van der Waals surface area contributed by atoms with Gasteiger partial charge in [0.05, 0.1) is 18.8 Å². The Kier molecular flexibility index (Phi) is 5.63. The Bertz CT molecular complexity index is 851. The van der Waals surface area contributed by atoms with E-state index in [1.54, 1.807) is 0 Å². The Morgan fingerprint density at radius 1 is 1.11 bits per heavy atom. The van der Waals surface area contributed by atoms with Crippen molar-refractivity contribution in [3.05, 3.63) is 46.1 Å². The lowest BCUT2D eigenvalue weighted by Crippen LogP contribution is -2.38. The molecule has 0 saturated carbocycles. The van der Waals surface area contributed by atoms with Gasteiger partial charge >= 0.3 is 0 Å². The van der Waals surface area contributed by atoms with Gasteiger partial charge < -0.3 is 15.1 Å². The number of fused-ring (bicyclic) bond motifs is 1. The first kappa shape index (κ1) is 19.1. The number of carbonyl (C=O) groups is 1. The summed E-state index contributed by atoms with van der Waals surface area (Å²) in [6.45, 7) is 11.3. The Hall–Kier alpha value is -2.63. The molecule has 1 N–H and O–H groups in total. The molecule has 1 fully saturated rings. The van der Waals surface area contributed by atoms with Gasteiger partial charge in [-0.2, -0.15) is 4.98 Å². The summed E-state index contributed by atoms with van der Waals surface area (Å²) in [6.07, 6.45) is 1.19. The van der Waals surface area contributed by atoms with Crippen molar-refractivity contribution >= 4 is 17.7 Å². The molecule has 0 bridgehead atoms. The van der Waals surface area contributed by atoms with E-state index < -0.39 is 0 Å². The average Bonchev–Trinajstić information content (AvgIpc) is 3.08. The maximum Gasteiger partial charge on any atom is 0.254 e. The van der Waals surface area contributed by atoms with Gasteiger partial charge in [-0.15, -0.1) is 0 Å².